The van der Waals surface area contributed by atoms with Crippen molar-refractivity contribution in [3.05, 3.63) is 35.9 Å². The average Bonchev–Trinajstić information content (AvgIpc) is 2.45. The lowest BCUT2D eigenvalue weighted by Gasteiger charge is -2.30. The lowest BCUT2D eigenvalue weighted by molar-refractivity contribution is -0.109. The smallest absolute Gasteiger partial charge is 0.186 e. The molecule has 1 aromatic carbocycles. The summed E-state index contributed by atoms with van der Waals surface area (Å²) in [4.78, 5) is 13.4. The maximum Gasteiger partial charge on any atom is 0.186 e. The first-order chi connectivity index (χ1) is 9.27. The molecule has 0 unspecified atom stereocenters. The van der Waals surface area contributed by atoms with Gasteiger partial charge in [0.15, 0.2) is 5.12 Å². The third-order valence-electron chi connectivity index (χ3n) is 3.31. The van der Waals surface area contributed by atoms with Gasteiger partial charge in [0.1, 0.15) is 0 Å². The minimum absolute atomic E-state index is 0.175. The third-order valence-corrected chi connectivity index (χ3v) is 4.08. The number of piperidine rings is 1. The van der Waals surface area contributed by atoms with Crippen molar-refractivity contribution < 1.29 is 4.79 Å². The topological polar surface area (TPSA) is 20.3 Å². The van der Waals surface area contributed by atoms with Gasteiger partial charge in [-0.2, -0.15) is 0 Å². The maximum atomic E-state index is 10.9. The molecule has 1 aromatic rings. The molecule has 2 nitrogen and oxygen atoms in total. The second kappa shape index (κ2) is 7.39. The largest absolute Gasteiger partial charge is 0.371 e. The fraction of sp³-hybridized carbons (Fsp3) is 0.438. The van der Waals surface area contributed by atoms with Gasteiger partial charge in [-0.3, -0.25) is 4.79 Å². The minimum Gasteiger partial charge on any atom is -0.371 e. The summed E-state index contributed by atoms with van der Waals surface area (Å²) in [6, 6.07) is 8.53. The van der Waals surface area contributed by atoms with Crippen molar-refractivity contribution >= 4 is 28.6 Å². The van der Waals surface area contributed by atoms with E-state index in [-0.39, 0.29) is 5.12 Å². The number of para-hydroxylation sites is 1. The van der Waals surface area contributed by atoms with Crippen molar-refractivity contribution in [2.45, 2.75) is 26.2 Å². The van der Waals surface area contributed by atoms with Gasteiger partial charge in [0, 0.05) is 31.5 Å². The van der Waals surface area contributed by atoms with Crippen molar-refractivity contribution in [3.63, 3.8) is 0 Å². The molecule has 1 saturated heterocycles. The van der Waals surface area contributed by atoms with E-state index in [1.807, 2.05) is 0 Å². The quantitative estimate of drug-likeness (QED) is 0.829. The summed E-state index contributed by atoms with van der Waals surface area (Å²) in [7, 11) is 0. The van der Waals surface area contributed by atoms with Gasteiger partial charge in [-0.25, -0.2) is 0 Å². The van der Waals surface area contributed by atoms with Crippen LogP contribution in [0, 0.1) is 0 Å². The van der Waals surface area contributed by atoms with Gasteiger partial charge >= 0.3 is 0 Å². The molecule has 19 heavy (non-hydrogen) atoms. The fourth-order valence-corrected chi connectivity index (χ4v) is 2.82. The van der Waals surface area contributed by atoms with E-state index >= 15 is 0 Å². The number of hydrogen-bond donors (Lipinski definition) is 0. The van der Waals surface area contributed by atoms with Crippen LogP contribution in [0.2, 0.25) is 0 Å². The van der Waals surface area contributed by atoms with E-state index in [4.69, 9.17) is 0 Å². The molecule has 0 aliphatic carbocycles. The highest BCUT2D eigenvalue weighted by Gasteiger charge is 2.12. The normalized spacial score (nSPS) is 15.9. The molecule has 0 amide bonds. The molecule has 1 heterocycles. The fourth-order valence-electron chi connectivity index (χ4n) is 2.39. The van der Waals surface area contributed by atoms with Crippen LogP contribution >= 0.6 is 11.8 Å². The van der Waals surface area contributed by atoms with Crippen molar-refractivity contribution in [2.75, 3.05) is 23.7 Å². The summed E-state index contributed by atoms with van der Waals surface area (Å²) < 4.78 is 0. The van der Waals surface area contributed by atoms with Crippen LogP contribution in [0.5, 0.6) is 0 Å². The van der Waals surface area contributed by atoms with Gasteiger partial charge in [-0.05, 0) is 30.9 Å². The number of thioether (sulfide) groups is 1. The van der Waals surface area contributed by atoms with Crippen molar-refractivity contribution in [1.29, 1.82) is 0 Å². The summed E-state index contributed by atoms with van der Waals surface area (Å²) in [5, 5.41) is 0.175. The molecule has 0 bridgehead atoms. The molecule has 0 N–H and O–H groups in total. The van der Waals surface area contributed by atoms with E-state index < -0.39 is 0 Å². The SMILES string of the molecule is CC(=O)SCC=Cc1ccccc1N1CCCCC1. The Bertz CT molecular complexity index is 450. The van der Waals surface area contributed by atoms with Gasteiger partial charge in [0.25, 0.3) is 0 Å². The highest BCUT2D eigenvalue weighted by Crippen LogP contribution is 2.25. The highest BCUT2D eigenvalue weighted by atomic mass is 32.2. The zero-order valence-electron chi connectivity index (χ0n) is 11.5. The second-order valence-electron chi connectivity index (χ2n) is 4.81. The van der Waals surface area contributed by atoms with Gasteiger partial charge in [0.05, 0.1) is 0 Å². The maximum absolute atomic E-state index is 10.9. The predicted octanol–water partition coefficient (Wildman–Crippen LogP) is 3.97. The van der Waals surface area contributed by atoms with Crippen LogP contribution in [0.15, 0.2) is 30.3 Å². The lowest BCUT2D eigenvalue weighted by atomic mass is 10.1. The Morgan fingerprint density at radius 3 is 2.74 bits per heavy atom. The van der Waals surface area contributed by atoms with Crippen molar-refractivity contribution in [1.82, 2.24) is 0 Å². The van der Waals surface area contributed by atoms with Crippen LogP contribution in [0.1, 0.15) is 31.7 Å². The molecule has 1 aliphatic rings. The van der Waals surface area contributed by atoms with Gasteiger partial charge < -0.3 is 4.90 Å². The molecule has 0 aromatic heterocycles. The first-order valence-corrected chi connectivity index (χ1v) is 7.90. The number of nitrogens with zero attached hydrogens (tertiary/aromatic N) is 1. The van der Waals surface area contributed by atoms with E-state index in [2.05, 4.69) is 41.3 Å². The molecule has 0 spiro atoms. The standard InChI is InChI=1S/C16H21NOS/c1-14(18)19-13-7-9-15-8-3-4-10-16(15)17-11-5-2-6-12-17/h3-4,7-10H,2,5-6,11-13H2,1H3. The summed E-state index contributed by atoms with van der Waals surface area (Å²) in [5.41, 5.74) is 2.58. The van der Waals surface area contributed by atoms with Crippen LogP contribution in [-0.4, -0.2) is 24.0 Å². The Kier molecular flexibility index (Phi) is 5.52. The average molecular weight is 275 g/mol. The van der Waals surface area contributed by atoms with Crippen LogP contribution in [0.4, 0.5) is 5.69 Å². The lowest BCUT2D eigenvalue weighted by Crippen LogP contribution is -2.29. The second-order valence-corrected chi connectivity index (χ2v) is 6.01. The molecule has 0 radical (unpaired) electrons. The first kappa shape index (κ1) is 14.2. The molecule has 0 saturated carbocycles. The summed E-state index contributed by atoms with van der Waals surface area (Å²) >= 11 is 1.35. The Labute approximate surface area is 119 Å². The molecular weight excluding hydrogens is 254 g/mol. The van der Waals surface area contributed by atoms with Crippen LogP contribution in [0.25, 0.3) is 6.08 Å². The van der Waals surface area contributed by atoms with Crippen molar-refractivity contribution in [2.24, 2.45) is 0 Å². The van der Waals surface area contributed by atoms with E-state index in [0.717, 1.165) is 18.8 Å². The minimum atomic E-state index is 0.175. The zero-order chi connectivity index (χ0) is 13.5. The number of carbonyl (C=O) groups is 1. The summed E-state index contributed by atoms with van der Waals surface area (Å²) in [6.45, 7) is 3.93. The van der Waals surface area contributed by atoms with E-state index in [1.165, 1.54) is 42.3 Å². The van der Waals surface area contributed by atoms with Crippen LogP contribution in [0.3, 0.4) is 0 Å². The Hall–Kier alpha value is -1.22. The van der Waals surface area contributed by atoms with E-state index in [9.17, 15) is 4.79 Å². The molecule has 3 heteroatoms. The zero-order valence-corrected chi connectivity index (χ0v) is 12.3. The summed E-state index contributed by atoms with van der Waals surface area (Å²) in [6.07, 6.45) is 8.15. The van der Waals surface area contributed by atoms with Gasteiger partial charge in [-0.1, -0.05) is 42.1 Å². The van der Waals surface area contributed by atoms with Crippen molar-refractivity contribution in [3.8, 4) is 0 Å². The Morgan fingerprint density at radius 2 is 2.00 bits per heavy atom. The Morgan fingerprint density at radius 1 is 1.26 bits per heavy atom. The van der Waals surface area contributed by atoms with E-state index in [0.29, 0.717) is 0 Å². The predicted molar refractivity (Wildman–Crippen MR) is 84.7 cm³/mol. The van der Waals surface area contributed by atoms with E-state index in [1.54, 1.807) is 6.92 Å². The van der Waals surface area contributed by atoms with Gasteiger partial charge in [-0.15, -0.1) is 0 Å². The molecule has 0 atom stereocenters. The van der Waals surface area contributed by atoms with Crippen LogP contribution in [-0.2, 0) is 4.79 Å². The molecule has 102 valence electrons. The monoisotopic (exact) mass is 275 g/mol. The number of anilines is 1. The van der Waals surface area contributed by atoms with Crippen LogP contribution < -0.4 is 4.90 Å². The number of benzene rings is 1. The Balaban J connectivity index is 2.05. The van der Waals surface area contributed by atoms with Gasteiger partial charge in [0.2, 0.25) is 0 Å². The first-order valence-electron chi connectivity index (χ1n) is 6.91. The number of hydrogen-bond acceptors (Lipinski definition) is 3. The number of carbonyl (C=O) groups excluding carboxylic acids is 1. The number of rotatable bonds is 4. The third kappa shape index (κ3) is 4.43. The molecule has 1 aliphatic heterocycles. The molecule has 1 fully saturated rings. The summed E-state index contributed by atoms with van der Waals surface area (Å²) in [5.74, 6) is 0.754. The molecular formula is C16H21NOS. The highest BCUT2D eigenvalue weighted by molar-refractivity contribution is 8.13. The molecule has 2 rings (SSSR count).